The van der Waals surface area contributed by atoms with Gasteiger partial charge < -0.3 is 14.7 Å². The van der Waals surface area contributed by atoms with Crippen LogP contribution in [-0.4, -0.2) is 47.3 Å². The fraction of sp³-hybridized carbons (Fsp3) is 0.600. The Morgan fingerprint density at radius 1 is 1.55 bits per heavy atom. The molecule has 0 bridgehead atoms. The Morgan fingerprint density at radius 2 is 2.35 bits per heavy atom. The zero-order valence-electron chi connectivity index (χ0n) is 12.0. The molecule has 0 aromatic carbocycles. The van der Waals surface area contributed by atoms with Gasteiger partial charge in [0, 0.05) is 39.0 Å². The number of ether oxygens (including phenoxy) is 1. The Bertz CT molecular complexity index is 438. The number of nitrogens with zero attached hydrogens (tertiary/aromatic N) is 2. The second-order valence-corrected chi connectivity index (χ2v) is 5.41. The van der Waals surface area contributed by atoms with E-state index >= 15 is 0 Å². The van der Waals surface area contributed by atoms with Gasteiger partial charge in [-0.2, -0.15) is 0 Å². The zero-order valence-corrected chi connectivity index (χ0v) is 12.0. The molecule has 1 aliphatic rings. The predicted molar refractivity (Wildman–Crippen MR) is 74.9 cm³/mol. The number of aliphatic hydroxyl groups excluding tert-OH is 1. The van der Waals surface area contributed by atoms with Crippen molar-refractivity contribution in [1.29, 1.82) is 0 Å². The second-order valence-electron chi connectivity index (χ2n) is 5.41. The zero-order chi connectivity index (χ0) is 14.5. The maximum Gasteiger partial charge on any atom is 0.225 e. The summed E-state index contributed by atoms with van der Waals surface area (Å²) >= 11 is 0. The lowest BCUT2D eigenvalue weighted by Crippen LogP contribution is -2.41. The van der Waals surface area contributed by atoms with E-state index in [2.05, 4.69) is 4.98 Å². The average molecular weight is 278 g/mol. The molecule has 1 aromatic heterocycles. The largest absolute Gasteiger partial charge is 0.390 e. The lowest BCUT2D eigenvalue weighted by molar-refractivity contribution is -0.140. The van der Waals surface area contributed by atoms with Crippen LogP contribution in [-0.2, 0) is 16.1 Å². The molecule has 0 radical (unpaired) electrons. The third-order valence-corrected chi connectivity index (χ3v) is 3.93. The molecule has 0 aliphatic heterocycles. The summed E-state index contributed by atoms with van der Waals surface area (Å²) in [4.78, 5) is 18.2. The first-order chi connectivity index (χ1) is 9.61. The molecule has 1 aliphatic carbocycles. The minimum Gasteiger partial charge on any atom is -0.390 e. The first-order valence-corrected chi connectivity index (χ1v) is 6.96. The highest BCUT2D eigenvalue weighted by Gasteiger charge is 2.34. The van der Waals surface area contributed by atoms with E-state index < -0.39 is 6.10 Å². The summed E-state index contributed by atoms with van der Waals surface area (Å²) in [6, 6.07) is 3.82. The van der Waals surface area contributed by atoms with Gasteiger partial charge in [0.15, 0.2) is 0 Å². The number of rotatable bonds is 4. The molecule has 1 aromatic rings. The highest BCUT2D eigenvalue weighted by molar-refractivity contribution is 5.78. The molecule has 0 spiro atoms. The molecule has 5 heteroatoms. The van der Waals surface area contributed by atoms with Crippen LogP contribution in [0.3, 0.4) is 0 Å². The van der Waals surface area contributed by atoms with Crippen molar-refractivity contribution < 1.29 is 14.6 Å². The summed E-state index contributed by atoms with van der Waals surface area (Å²) in [5.74, 6) is 0.0489. The van der Waals surface area contributed by atoms with Crippen LogP contribution >= 0.6 is 0 Å². The first-order valence-electron chi connectivity index (χ1n) is 6.96. The van der Waals surface area contributed by atoms with Crippen LogP contribution in [0.4, 0.5) is 0 Å². The van der Waals surface area contributed by atoms with Crippen molar-refractivity contribution in [3.8, 4) is 0 Å². The number of carbonyl (C=O) groups is 1. The van der Waals surface area contributed by atoms with Crippen molar-refractivity contribution in [1.82, 2.24) is 9.88 Å². The molecule has 1 amide bonds. The highest BCUT2D eigenvalue weighted by Crippen LogP contribution is 2.28. The average Bonchev–Trinajstić information content (AvgIpc) is 2.48. The maximum atomic E-state index is 12.4. The monoisotopic (exact) mass is 278 g/mol. The summed E-state index contributed by atoms with van der Waals surface area (Å²) in [6.07, 6.45) is 4.74. The normalized spacial score (nSPS) is 26.2. The van der Waals surface area contributed by atoms with Gasteiger partial charge in [-0.1, -0.05) is 6.07 Å². The third-order valence-electron chi connectivity index (χ3n) is 3.93. The van der Waals surface area contributed by atoms with Crippen LogP contribution in [0.15, 0.2) is 24.5 Å². The van der Waals surface area contributed by atoms with Crippen molar-refractivity contribution in [2.24, 2.45) is 5.92 Å². The number of hydrogen-bond donors (Lipinski definition) is 1. The van der Waals surface area contributed by atoms with Crippen LogP contribution in [0.5, 0.6) is 0 Å². The van der Waals surface area contributed by atoms with Gasteiger partial charge in [-0.15, -0.1) is 0 Å². The lowest BCUT2D eigenvalue weighted by atomic mass is 9.84. The van der Waals surface area contributed by atoms with Gasteiger partial charge >= 0.3 is 0 Å². The number of aromatic nitrogens is 1. The Hall–Kier alpha value is -1.46. The minimum atomic E-state index is -0.451. The Kier molecular flexibility index (Phi) is 5.09. The molecule has 1 heterocycles. The SMILES string of the molecule is CO[C@@H]1C[C@H](C(=O)N(C)Cc2cccnc2)CC[C@@H]1O. The predicted octanol–water partition coefficient (Wildman–Crippen LogP) is 1.22. The van der Waals surface area contributed by atoms with Gasteiger partial charge in [-0.05, 0) is 30.9 Å². The van der Waals surface area contributed by atoms with E-state index in [1.165, 1.54) is 0 Å². The van der Waals surface area contributed by atoms with E-state index in [0.717, 1.165) is 12.0 Å². The van der Waals surface area contributed by atoms with Crippen LogP contribution in [0, 0.1) is 5.92 Å². The van der Waals surface area contributed by atoms with E-state index in [1.54, 1.807) is 24.4 Å². The summed E-state index contributed by atoms with van der Waals surface area (Å²) in [6.45, 7) is 0.559. The Labute approximate surface area is 119 Å². The van der Waals surface area contributed by atoms with Crippen molar-refractivity contribution >= 4 is 5.91 Å². The molecular weight excluding hydrogens is 256 g/mol. The maximum absolute atomic E-state index is 12.4. The molecule has 1 fully saturated rings. The first kappa shape index (κ1) is 14.9. The quantitative estimate of drug-likeness (QED) is 0.899. The number of pyridine rings is 1. The molecule has 1 N–H and O–H groups in total. The van der Waals surface area contributed by atoms with Gasteiger partial charge in [0.25, 0.3) is 0 Å². The second kappa shape index (κ2) is 6.81. The molecule has 5 nitrogen and oxygen atoms in total. The number of amides is 1. The van der Waals surface area contributed by atoms with Crippen LogP contribution < -0.4 is 0 Å². The summed E-state index contributed by atoms with van der Waals surface area (Å²) < 4.78 is 5.25. The molecule has 3 atom stereocenters. The Morgan fingerprint density at radius 3 is 3.00 bits per heavy atom. The standard InChI is InChI=1S/C15H22N2O3/c1-17(10-11-4-3-7-16-9-11)15(19)12-5-6-13(18)14(8-12)20-2/h3-4,7,9,12-14,18H,5-6,8,10H2,1-2H3/t12-,13+,14-/m1/s1. The number of methoxy groups -OCH3 is 1. The van der Waals surface area contributed by atoms with Gasteiger partial charge in [-0.3, -0.25) is 9.78 Å². The molecule has 2 rings (SSSR count). The van der Waals surface area contributed by atoms with Crippen LogP contribution in [0.25, 0.3) is 0 Å². The van der Waals surface area contributed by atoms with Crippen molar-refractivity contribution in [2.75, 3.05) is 14.2 Å². The third kappa shape index (κ3) is 3.55. The van der Waals surface area contributed by atoms with E-state index in [-0.39, 0.29) is 17.9 Å². The summed E-state index contributed by atoms with van der Waals surface area (Å²) in [5, 5.41) is 9.78. The van der Waals surface area contributed by atoms with E-state index in [9.17, 15) is 9.90 Å². The molecule has 20 heavy (non-hydrogen) atoms. The van der Waals surface area contributed by atoms with E-state index in [1.807, 2.05) is 19.2 Å². The van der Waals surface area contributed by atoms with Crippen LogP contribution in [0.2, 0.25) is 0 Å². The molecule has 1 saturated carbocycles. The molecule has 0 unspecified atom stereocenters. The highest BCUT2D eigenvalue weighted by atomic mass is 16.5. The van der Waals surface area contributed by atoms with Gasteiger partial charge in [-0.25, -0.2) is 0 Å². The van der Waals surface area contributed by atoms with Crippen molar-refractivity contribution in [3.63, 3.8) is 0 Å². The van der Waals surface area contributed by atoms with E-state index in [4.69, 9.17) is 4.74 Å². The molecule has 0 saturated heterocycles. The van der Waals surface area contributed by atoms with Gasteiger partial charge in [0.2, 0.25) is 5.91 Å². The summed E-state index contributed by atoms with van der Waals surface area (Å²) in [7, 11) is 3.39. The van der Waals surface area contributed by atoms with Gasteiger partial charge in [0.05, 0.1) is 12.2 Å². The van der Waals surface area contributed by atoms with Crippen molar-refractivity contribution in [2.45, 2.75) is 38.0 Å². The lowest BCUT2D eigenvalue weighted by Gasteiger charge is -2.33. The minimum absolute atomic E-state index is 0.0648. The topological polar surface area (TPSA) is 62.7 Å². The Balaban J connectivity index is 1.93. The smallest absolute Gasteiger partial charge is 0.225 e. The fourth-order valence-electron chi connectivity index (χ4n) is 2.75. The molecular formula is C15H22N2O3. The van der Waals surface area contributed by atoms with Crippen LogP contribution in [0.1, 0.15) is 24.8 Å². The number of hydrogen-bond acceptors (Lipinski definition) is 4. The number of carbonyl (C=O) groups excluding carboxylic acids is 1. The molecule has 110 valence electrons. The fourth-order valence-corrected chi connectivity index (χ4v) is 2.75. The van der Waals surface area contributed by atoms with E-state index in [0.29, 0.717) is 19.4 Å². The number of aliphatic hydroxyl groups is 1. The van der Waals surface area contributed by atoms with Gasteiger partial charge in [0.1, 0.15) is 0 Å². The summed E-state index contributed by atoms with van der Waals surface area (Å²) in [5.41, 5.74) is 1.02. The van der Waals surface area contributed by atoms with Crippen molar-refractivity contribution in [3.05, 3.63) is 30.1 Å².